The molecule has 1 aliphatic rings. The van der Waals surface area contributed by atoms with E-state index in [-0.39, 0.29) is 18.0 Å². The highest BCUT2D eigenvalue weighted by Gasteiger charge is 2.32. The van der Waals surface area contributed by atoms with Gasteiger partial charge in [-0.2, -0.15) is 17.5 Å². The van der Waals surface area contributed by atoms with Gasteiger partial charge < -0.3 is 4.90 Å². The Morgan fingerprint density at radius 3 is 1.97 bits per heavy atom. The summed E-state index contributed by atoms with van der Waals surface area (Å²) in [5.41, 5.74) is 0.678. The summed E-state index contributed by atoms with van der Waals surface area (Å²) in [6, 6.07) is 14.4. The van der Waals surface area contributed by atoms with Gasteiger partial charge in [-0.3, -0.25) is 0 Å². The van der Waals surface area contributed by atoms with E-state index in [2.05, 4.69) is 10.2 Å². The van der Waals surface area contributed by atoms with Gasteiger partial charge in [-0.05, 0) is 48.5 Å². The lowest BCUT2D eigenvalue weighted by Crippen LogP contribution is -2.49. The van der Waals surface area contributed by atoms with Gasteiger partial charge in [0.2, 0.25) is 10.0 Å². The van der Waals surface area contributed by atoms with E-state index in [0.29, 0.717) is 29.6 Å². The number of benzene rings is 2. The monoisotopic (exact) mass is 482 g/mol. The topological polar surface area (TPSA) is 66.4 Å². The molecule has 4 rings (SSSR count). The number of aromatic nitrogens is 2. The number of nitrogens with zero attached hydrogens (tertiary/aromatic N) is 4. The summed E-state index contributed by atoms with van der Waals surface area (Å²) in [6.45, 7) is 1.14. The van der Waals surface area contributed by atoms with Crippen molar-refractivity contribution in [2.24, 2.45) is 0 Å². The summed E-state index contributed by atoms with van der Waals surface area (Å²) in [6.07, 6.45) is -4.52. The first kappa shape index (κ1) is 22.5. The predicted molar refractivity (Wildman–Crippen MR) is 115 cm³/mol. The van der Waals surface area contributed by atoms with Crippen LogP contribution in [0.15, 0.2) is 65.6 Å². The molecular weight excluding hydrogens is 465 g/mol. The van der Waals surface area contributed by atoms with E-state index in [9.17, 15) is 21.6 Å². The molecule has 0 saturated carbocycles. The van der Waals surface area contributed by atoms with E-state index < -0.39 is 21.8 Å². The number of rotatable bonds is 4. The third kappa shape index (κ3) is 4.72. The molecule has 0 radical (unpaired) electrons. The van der Waals surface area contributed by atoms with Gasteiger partial charge in [0.1, 0.15) is 0 Å². The highest BCUT2D eigenvalue weighted by atomic mass is 35.5. The molecule has 0 bridgehead atoms. The first-order chi connectivity index (χ1) is 15.1. The Balaban J connectivity index is 1.41. The lowest BCUT2D eigenvalue weighted by Gasteiger charge is -2.34. The lowest BCUT2D eigenvalue weighted by molar-refractivity contribution is -0.137. The third-order valence-corrected chi connectivity index (χ3v) is 7.34. The SMILES string of the molecule is O=S(=O)(c1ccc(C(F)(F)F)cc1)N1CCN(c2ccc(-c3ccc(Cl)cc3)nn2)CC1. The zero-order valence-corrected chi connectivity index (χ0v) is 18.2. The molecule has 0 unspecified atom stereocenters. The van der Waals surface area contributed by atoms with Gasteiger partial charge in [-0.15, -0.1) is 10.2 Å². The summed E-state index contributed by atoms with van der Waals surface area (Å²) in [5, 5.41) is 9.11. The molecule has 0 amide bonds. The second kappa shape index (κ2) is 8.68. The van der Waals surface area contributed by atoms with Crippen molar-refractivity contribution in [1.29, 1.82) is 0 Å². The maximum absolute atomic E-state index is 12.8. The van der Waals surface area contributed by atoms with Crippen molar-refractivity contribution in [2.45, 2.75) is 11.1 Å². The molecule has 1 saturated heterocycles. The van der Waals surface area contributed by atoms with Crippen molar-refractivity contribution in [3.8, 4) is 11.3 Å². The second-order valence-electron chi connectivity index (χ2n) is 7.20. The van der Waals surface area contributed by atoms with Crippen LogP contribution in [0.1, 0.15) is 5.56 Å². The Kier molecular flexibility index (Phi) is 6.11. The van der Waals surface area contributed by atoms with Crippen LogP contribution in [0.2, 0.25) is 5.02 Å². The van der Waals surface area contributed by atoms with Gasteiger partial charge >= 0.3 is 6.18 Å². The third-order valence-electron chi connectivity index (χ3n) is 5.17. The Hall–Kier alpha value is -2.69. The number of hydrogen-bond acceptors (Lipinski definition) is 5. The fourth-order valence-electron chi connectivity index (χ4n) is 3.39. The Morgan fingerprint density at radius 2 is 1.44 bits per heavy atom. The van der Waals surface area contributed by atoms with Gasteiger partial charge in [-0.25, -0.2) is 8.42 Å². The zero-order valence-electron chi connectivity index (χ0n) is 16.6. The standard InChI is InChI=1S/C21H18ClF3N4O2S/c22-17-5-1-15(2-6-17)19-9-10-20(27-26-19)28-11-13-29(14-12-28)32(30,31)18-7-3-16(4-8-18)21(23,24)25/h1-10H,11-14H2. The van der Waals surface area contributed by atoms with Crippen LogP contribution >= 0.6 is 11.6 Å². The van der Waals surface area contributed by atoms with Crippen molar-refractivity contribution in [1.82, 2.24) is 14.5 Å². The number of alkyl halides is 3. The zero-order chi connectivity index (χ0) is 22.9. The van der Waals surface area contributed by atoms with E-state index in [0.717, 1.165) is 29.8 Å². The van der Waals surface area contributed by atoms with Crippen LogP contribution in [0.5, 0.6) is 0 Å². The average Bonchev–Trinajstić information content (AvgIpc) is 2.79. The quantitative estimate of drug-likeness (QED) is 0.554. The lowest BCUT2D eigenvalue weighted by atomic mass is 10.1. The molecule has 3 aromatic rings. The molecule has 6 nitrogen and oxygen atoms in total. The molecule has 0 aliphatic carbocycles. The van der Waals surface area contributed by atoms with E-state index in [1.807, 2.05) is 29.2 Å². The molecule has 1 aliphatic heterocycles. The first-order valence-electron chi connectivity index (χ1n) is 9.67. The summed E-state index contributed by atoms with van der Waals surface area (Å²) in [5.74, 6) is 0.620. The second-order valence-corrected chi connectivity index (χ2v) is 9.57. The predicted octanol–water partition coefficient (Wildman–Crippen LogP) is 4.33. The number of halogens is 4. The molecule has 2 aromatic carbocycles. The first-order valence-corrected chi connectivity index (χ1v) is 11.5. The minimum absolute atomic E-state index is 0.161. The van der Waals surface area contributed by atoms with Crippen LogP contribution in [0, 0.1) is 0 Å². The largest absolute Gasteiger partial charge is 0.416 e. The van der Waals surface area contributed by atoms with E-state index >= 15 is 0 Å². The number of piperazine rings is 1. The number of sulfonamides is 1. The molecule has 32 heavy (non-hydrogen) atoms. The van der Waals surface area contributed by atoms with Crippen molar-refractivity contribution in [3.05, 3.63) is 71.2 Å². The van der Waals surface area contributed by atoms with E-state index in [1.54, 1.807) is 12.1 Å². The summed E-state index contributed by atoms with van der Waals surface area (Å²) in [7, 11) is -3.88. The molecule has 168 valence electrons. The molecule has 1 aromatic heterocycles. The van der Waals surface area contributed by atoms with Crippen LogP contribution in [0.4, 0.5) is 19.0 Å². The van der Waals surface area contributed by atoms with Crippen molar-refractivity contribution in [3.63, 3.8) is 0 Å². The van der Waals surface area contributed by atoms with Crippen LogP contribution in [-0.2, 0) is 16.2 Å². The van der Waals surface area contributed by atoms with E-state index in [1.165, 1.54) is 4.31 Å². The Morgan fingerprint density at radius 1 is 0.812 bits per heavy atom. The molecule has 0 N–H and O–H groups in total. The van der Waals surface area contributed by atoms with Crippen molar-refractivity contribution in [2.75, 3.05) is 31.1 Å². The summed E-state index contributed by atoms with van der Waals surface area (Å²) < 4.78 is 65.1. The molecule has 11 heteroatoms. The number of anilines is 1. The van der Waals surface area contributed by atoms with Crippen LogP contribution in [-0.4, -0.2) is 49.1 Å². The number of hydrogen-bond donors (Lipinski definition) is 0. The smallest absolute Gasteiger partial charge is 0.352 e. The summed E-state index contributed by atoms with van der Waals surface area (Å²) >= 11 is 5.90. The van der Waals surface area contributed by atoms with Gasteiger partial charge in [0.25, 0.3) is 0 Å². The Bertz CT molecular complexity index is 1180. The minimum Gasteiger partial charge on any atom is -0.352 e. The van der Waals surface area contributed by atoms with Gasteiger partial charge in [0, 0.05) is 36.8 Å². The van der Waals surface area contributed by atoms with Crippen molar-refractivity contribution < 1.29 is 21.6 Å². The maximum Gasteiger partial charge on any atom is 0.416 e. The molecule has 0 atom stereocenters. The maximum atomic E-state index is 12.8. The molecular formula is C21H18ClF3N4O2S. The Labute approximate surface area is 188 Å². The fraction of sp³-hybridized carbons (Fsp3) is 0.238. The van der Waals surface area contributed by atoms with Crippen LogP contribution in [0.25, 0.3) is 11.3 Å². The highest BCUT2D eigenvalue weighted by molar-refractivity contribution is 7.89. The molecule has 2 heterocycles. The van der Waals surface area contributed by atoms with Crippen molar-refractivity contribution >= 4 is 27.4 Å². The summed E-state index contributed by atoms with van der Waals surface area (Å²) in [4.78, 5) is 1.75. The highest BCUT2D eigenvalue weighted by Crippen LogP contribution is 2.30. The normalized spacial score (nSPS) is 15.7. The molecule has 0 spiro atoms. The van der Waals surface area contributed by atoms with Crippen LogP contribution in [0.3, 0.4) is 0 Å². The fourth-order valence-corrected chi connectivity index (χ4v) is 4.94. The molecule has 1 fully saturated rings. The van der Waals surface area contributed by atoms with Crippen LogP contribution < -0.4 is 4.90 Å². The van der Waals surface area contributed by atoms with Gasteiger partial charge in [0.15, 0.2) is 5.82 Å². The van der Waals surface area contributed by atoms with E-state index in [4.69, 9.17) is 11.6 Å². The average molecular weight is 483 g/mol. The minimum atomic E-state index is -4.52. The van der Waals surface area contributed by atoms with Gasteiger partial charge in [0.05, 0.1) is 16.2 Å². The van der Waals surface area contributed by atoms with Gasteiger partial charge in [-0.1, -0.05) is 23.7 Å².